The van der Waals surface area contributed by atoms with Crippen molar-refractivity contribution in [3.8, 4) is 0 Å². The fourth-order valence-electron chi connectivity index (χ4n) is 2.79. The van der Waals surface area contributed by atoms with Crippen molar-refractivity contribution in [2.45, 2.75) is 19.4 Å². The number of aromatic nitrogens is 1. The lowest BCUT2D eigenvalue weighted by Gasteiger charge is -2.30. The van der Waals surface area contributed by atoms with E-state index in [9.17, 15) is 4.79 Å². The van der Waals surface area contributed by atoms with E-state index in [1.54, 1.807) is 18.2 Å². The Morgan fingerprint density at radius 1 is 1.33 bits per heavy atom. The number of rotatable bonds is 4. The first kappa shape index (κ1) is 17.5. The number of nitrogens with two attached hydrogens (primary N) is 1. The van der Waals surface area contributed by atoms with Crippen molar-refractivity contribution < 1.29 is 4.79 Å². The molecule has 1 aliphatic rings. The van der Waals surface area contributed by atoms with E-state index in [1.807, 2.05) is 6.20 Å². The van der Waals surface area contributed by atoms with Crippen LogP contribution in [0.25, 0.3) is 0 Å². The zero-order valence-corrected chi connectivity index (χ0v) is 15.3. The number of halogens is 2. The summed E-state index contributed by atoms with van der Waals surface area (Å²) >= 11 is 13.4. The van der Waals surface area contributed by atoms with Crippen LogP contribution in [0.3, 0.4) is 0 Å². The van der Waals surface area contributed by atoms with Crippen LogP contribution in [0.4, 0.5) is 10.8 Å². The van der Waals surface area contributed by atoms with Crippen molar-refractivity contribution >= 4 is 51.3 Å². The Balaban J connectivity index is 1.50. The minimum atomic E-state index is 0.0160. The van der Waals surface area contributed by atoms with E-state index in [2.05, 4.69) is 15.2 Å². The first-order chi connectivity index (χ1) is 11.5. The van der Waals surface area contributed by atoms with Gasteiger partial charge in [-0.3, -0.25) is 9.69 Å². The first-order valence-corrected chi connectivity index (χ1v) is 9.27. The summed E-state index contributed by atoms with van der Waals surface area (Å²) in [5, 5.41) is 4.44. The summed E-state index contributed by atoms with van der Waals surface area (Å²) in [6.07, 6.45) is 3.49. The van der Waals surface area contributed by atoms with Gasteiger partial charge in [-0.15, -0.1) is 11.3 Å². The predicted molar refractivity (Wildman–Crippen MR) is 99.6 cm³/mol. The summed E-state index contributed by atoms with van der Waals surface area (Å²) in [6, 6.07) is 5.11. The fourth-order valence-corrected chi connectivity index (χ4v) is 3.81. The average molecular weight is 385 g/mol. The normalized spacial score (nSPS) is 16.2. The number of amides is 1. The van der Waals surface area contributed by atoms with Crippen LogP contribution in [0.2, 0.25) is 10.0 Å². The molecule has 1 aromatic heterocycles. The quantitative estimate of drug-likeness (QED) is 0.838. The fraction of sp³-hybridized carbons (Fsp3) is 0.375. The lowest BCUT2D eigenvalue weighted by molar-refractivity contribution is -0.121. The molecule has 0 bridgehead atoms. The van der Waals surface area contributed by atoms with Gasteiger partial charge < -0.3 is 11.1 Å². The van der Waals surface area contributed by atoms with Crippen LogP contribution < -0.4 is 11.1 Å². The predicted octanol–water partition coefficient (Wildman–Crippen LogP) is 3.88. The van der Waals surface area contributed by atoms with E-state index in [4.69, 9.17) is 28.9 Å². The van der Waals surface area contributed by atoms with E-state index in [-0.39, 0.29) is 11.8 Å². The molecular weight excluding hydrogens is 367 g/mol. The lowest BCUT2D eigenvalue weighted by atomic mass is 9.96. The van der Waals surface area contributed by atoms with Gasteiger partial charge in [0.15, 0.2) is 5.13 Å². The maximum Gasteiger partial charge on any atom is 0.227 e. The molecule has 0 aliphatic carbocycles. The number of nitrogens with one attached hydrogen (secondary N) is 1. The molecular formula is C16H18Cl2N4OS. The standard InChI is InChI=1S/C16H18Cl2N4OS/c17-13-2-1-11(7-14(13)18)21-15(23)10-3-5-22(6-4-10)9-12-8-20-16(19)24-12/h1-2,7-8,10H,3-6,9H2,(H2,19,20)(H,21,23). The largest absolute Gasteiger partial charge is 0.375 e. The van der Waals surface area contributed by atoms with E-state index in [0.29, 0.717) is 20.9 Å². The van der Waals surface area contributed by atoms with Crippen molar-refractivity contribution in [1.29, 1.82) is 0 Å². The van der Waals surface area contributed by atoms with Crippen molar-refractivity contribution in [3.05, 3.63) is 39.3 Å². The zero-order chi connectivity index (χ0) is 17.1. The Morgan fingerprint density at radius 3 is 2.71 bits per heavy atom. The van der Waals surface area contributed by atoms with Crippen LogP contribution in [0.5, 0.6) is 0 Å². The van der Waals surface area contributed by atoms with Crippen LogP contribution in [0, 0.1) is 5.92 Å². The summed E-state index contributed by atoms with van der Waals surface area (Å²) in [5.41, 5.74) is 6.33. The summed E-state index contributed by atoms with van der Waals surface area (Å²) in [6.45, 7) is 2.62. The third-order valence-corrected chi connectivity index (χ3v) is 5.65. The minimum Gasteiger partial charge on any atom is -0.375 e. The van der Waals surface area contributed by atoms with Crippen LogP contribution in [0.1, 0.15) is 17.7 Å². The first-order valence-electron chi connectivity index (χ1n) is 7.69. The van der Waals surface area contributed by atoms with Gasteiger partial charge in [-0.1, -0.05) is 23.2 Å². The lowest BCUT2D eigenvalue weighted by Crippen LogP contribution is -2.37. The summed E-state index contributed by atoms with van der Waals surface area (Å²) in [5.74, 6) is 0.0531. The Hall–Kier alpha value is -1.34. The SMILES string of the molecule is Nc1ncc(CN2CCC(C(=O)Nc3ccc(Cl)c(Cl)c3)CC2)s1. The highest BCUT2D eigenvalue weighted by atomic mass is 35.5. The molecule has 0 unspecified atom stereocenters. The second kappa shape index (κ2) is 7.70. The third kappa shape index (κ3) is 4.39. The zero-order valence-electron chi connectivity index (χ0n) is 13.0. The van der Waals surface area contributed by atoms with Gasteiger partial charge in [-0.25, -0.2) is 4.98 Å². The Bertz CT molecular complexity index is 729. The third-order valence-electron chi connectivity index (χ3n) is 4.10. The molecule has 128 valence electrons. The molecule has 0 radical (unpaired) electrons. The second-order valence-electron chi connectivity index (χ2n) is 5.83. The highest BCUT2D eigenvalue weighted by Gasteiger charge is 2.25. The molecule has 3 N–H and O–H groups in total. The number of anilines is 2. The van der Waals surface area contributed by atoms with Crippen LogP contribution in [-0.4, -0.2) is 28.9 Å². The van der Waals surface area contributed by atoms with Crippen LogP contribution >= 0.6 is 34.5 Å². The summed E-state index contributed by atoms with van der Waals surface area (Å²) < 4.78 is 0. The number of hydrogen-bond donors (Lipinski definition) is 2. The molecule has 1 saturated heterocycles. The van der Waals surface area contributed by atoms with Gasteiger partial charge in [-0.2, -0.15) is 0 Å². The second-order valence-corrected chi connectivity index (χ2v) is 7.79. The van der Waals surface area contributed by atoms with Gasteiger partial charge in [0, 0.05) is 29.2 Å². The van der Waals surface area contributed by atoms with Gasteiger partial charge in [-0.05, 0) is 44.1 Å². The summed E-state index contributed by atoms with van der Waals surface area (Å²) in [4.78, 5) is 20.0. The molecule has 8 heteroatoms. The van der Waals surface area contributed by atoms with Gasteiger partial charge in [0.25, 0.3) is 0 Å². The molecule has 2 heterocycles. The van der Waals surface area contributed by atoms with Gasteiger partial charge in [0.1, 0.15) is 0 Å². The highest BCUT2D eigenvalue weighted by molar-refractivity contribution is 7.15. The maximum atomic E-state index is 12.4. The number of benzene rings is 1. The molecule has 1 aliphatic heterocycles. The molecule has 2 aromatic rings. The minimum absolute atomic E-state index is 0.0160. The Morgan fingerprint density at radius 2 is 2.08 bits per heavy atom. The maximum absolute atomic E-state index is 12.4. The number of hydrogen-bond acceptors (Lipinski definition) is 5. The van der Waals surface area contributed by atoms with Crippen molar-refractivity contribution in [2.24, 2.45) is 5.92 Å². The highest BCUT2D eigenvalue weighted by Crippen LogP contribution is 2.27. The Labute approximate surface area is 154 Å². The number of thiazole rings is 1. The van der Waals surface area contributed by atoms with E-state index < -0.39 is 0 Å². The molecule has 1 aromatic carbocycles. The van der Waals surface area contributed by atoms with E-state index in [1.165, 1.54) is 11.3 Å². The molecule has 0 spiro atoms. The van der Waals surface area contributed by atoms with Gasteiger partial charge in [0.2, 0.25) is 5.91 Å². The monoisotopic (exact) mass is 384 g/mol. The number of nitrogens with zero attached hydrogens (tertiary/aromatic N) is 2. The molecule has 0 atom stereocenters. The number of nitrogen functional groups attached to an aromatic ring is 1. The van der Waals surface area contributed by atoms with Crippen LogP contribution in [-0.2, 0) is 11.3 Å². The molecule has 5 nitrogen and oxygen atoms in total. The van der Waals surface area contributed by atoms with Crippen molar-refractivity contribution in [2.75, 3.05) is 24.1 Å². The summed E-state index contributed by atoms with van der Waals surface area (Å²) in [7, 11) is 0. The number of piperidine rings is 1. The average Bonchev–Trinajstić information content (AvgIpc) is 2.96. The van der Waals surface area contributed by atoms with Gasteiger partial charge >= 0.3 is 0 Å². The van der Waals surface area contributed by atoms with E-state index >= 15 is 0 Å². The molecule has 0 saturated carbocycles. The molecule has 1 fully saturated rings. The molecule has 24 heavy (non-hydrogen) atoms. The number of carbonyl (C=O) groups is 1. The molecule has 3 rings (SSSR count). The van der Waals surface area contributed by atoms with Crippen LogP contribution in [0.15, 0.2) is 24.4 Å². The number of carbonyl (C=O) groups excluding carboxylic acids is 1. The van der Waals surface area contributed by atoms with Crippen molar-refractivity contribution in [3.63, 3.8) is 0 Å². The van der Waals surface area contributed by atoms with Gasteiger partial charge in [0.05, 0.1) is 10.0 Å². The number of likely N-dealkylation sites (tertiary alicyclic amines) is 1. The van der Waals surface area contributed by atoms with Crippen molar-refractivity contribution in [1.82, 2.24) is 9.88 Å². The topological polar surface area (TPSA) is 71.2 Å². The van der Waals surface area contributed by atoms with E-state index in [0.717, 1.165) is 37.4 Å². The Kier molecular flexibility index (Phi) is 5.61. The smallest absolute Gasteiger partial charge is 0.227 e. The molecule has 1 amide bonds.